The number of alkyl halides is 1. The first-order chi connectivity index (χ1) is 18.2. The Kier molecular flexibility index (Phi) is 6.41. The van der Waals surface area contributed by atoms with Crippen LogP contribution in [0.4, 0.5) is 10.1 Å². The summed E-state index contributed by atoms with van der Waals surface area (Å²) in [4.78, 5) is 45.3. The molecule has 0 aliphatic carbocycles. The highest BCUT2D eigenvalue weighted by molar-refractivity contribution is 6.05. The monoisotopic (exact) mass is 517 g/mol. The van der Waals surface area contributed by atoms with Crippen LogP contribution in [0.2, 0.25) is 0 Å². The number of amides is 2. The van der Waals surface area contributed by atoms with Crippen LogP contribution < -0.4 is 17.0 Å². The summed E-state index contributed by atoms with van der Waals surface area (Å²) in [5, 5.41) is 12.4. The molecule has 3 aromatic heterocycles. The third kappa shape index (κ3) is 4.73. The van der Waals surface area contributed by atoms with Gasteiger partial charge < -0.3 is 21.4 Å². The fraction of sp³-hybridized carbons (Fsp3) is 0.240. The fourth-order valence-corrected chi connectivity index (χ4v) is 4.59. The van der Waals surface area contributed by atoms with Crippen LogP contribution >= 0.6 is 0 Å². The van der Waals surface area contributed by atoms with E-state index in [4.69, 9.17) is 11.5 Å². The van der Waals surface area contributed by atoms with Gasteiger partial charge in [0.25, 0.3) is 5.91 Å². The van der Waals surface area contributed by atoms with Gasteiger partial charge in [-0.05, 0) is 36.8 Å². The van der Waals surface area contributed by atoms with Crippen LogP contribution in [0.25, 0.3) is 22.0 Å². The number of H-pyrrole nitrogens is 1. The Morgan fingerprint density at radius 3 is 2.68 bits per heavy atom. The first kappa shape index (κ1) is 24.7. The summed E-state index contributed by atoms with van der Waals surface area (Å²) in [5.74, 6) is -1.15. The Morgan fingerprint density at radius 2 is 1.97 bits per heavy atom. The number of nitrogens with zero attached hydrogens (tertiary/aromatic N) is 6. The maximum Gasteiger partial charge on any atom is 0.269 e. The van der Waals surface area contributed by atoms with Crippen molar-refractivity contribution in [1.29, 1.82) is 0 Å². The van der Waals surface area contributed by atoms with Gasteiger partial charge in [-0.2, -0.15) is 15.3 Å². The minimum absolute atomic E-state index is 0.00706. The first-order valence-corrected chi connectivity index (χ1v) is 11.8. The van der Waals surface area contributed by atoms with Crippen molar-refractivity contribution >= 4 is 34.2 Å². The lowest BCUT2D eigenvalue weighted by atomic mass is 10.0. The van der Waals surface area contributed by atoms with Gasteiger partial charge in [0.2, 0.25) is 11.5 Å². The van der Waals surface area contributed by atoms with Gasteiger partial charge in [-0.1, -0.05) is 6.07 Å². The van der Waals surface area contributed by atoms with Crippen LogP contribution in [-0.2, 0) is 11.3 Å². The predicted molar refractivity (Wildman–Crippen MR) is 137 cm³/mol. The molecule has 38 heavy (non-hydrogen) atoms. The van der Waals surface area contributed by atoms with Crippen molar-refractivity contribution in [2.24, 2.45) is 16.5 Å². The smallest absolute Gasteiger partial charge is 0.269 e. The van der Waals surface area contributed by atoms with E-state index in [9.17, 15) is 18.8 Å². The normalized spacial score (nSPS) is 17.7. The number of nitrogens with two attached hydrogens (primary N) is 2. The summed E-state index contributed by atoms with van der Waals surface area (Å²) in [6.07, 6.45) is 1.83. The minimum atomic E-state index is -1.29. The molecule has 1 aliphatic rings. The second-order valence-electron chi connectivity index (χ2n) is 9.00. The number of hydrogen-bond acceptors (Lipinski definition) is 7. The topological polar surface area (TPSA) is 178 Å². The van der Waals surface area contributed by atoms with Gasteiger partial charge in [-0.3, -0.25) is 19.1 Å². The number of carbonyl (C=O) groups is 2. The van der Waals surface area contributed by atoms with Gasteiger partial charge in [0, 0.05) is 29.1 Å². The largest absolute Gasteiger partial charge is 0.385 e. The second kappa shape index (κ2) is 9.84. The maximum absolute atomic E-state index is 14.5. The fourth-order valence-electron chi connectivity index (χ4n) is 4.59. The molecule has 5 N–H and O–H groups in total. The number of amidine groups is 1. The van der Waals surface area contributed by atoms with Crippen LogP contribution in [0.1, 0.15) is 22.6 Å². The highest BCUT2D eigenvalue weighted by Gasteiger charge is 2.38. The summed E-state index contributed by atoms with van der Waals surface area (Å²) < 4.78 is 15.8. The summed E-state index contributed by atoms with van der Waals surface area (Å²) in [6, 6.07) is 9.08. The zero-order chi connectivity index (χ0) is 27.0. The molecule has 4 heterocycles. The van der Waals surface area contributed by atoms with Crippen molar-refractivity contribution in [3.8, 4) is 11.1 Å². The van der Waals surface area contributed by atoms with Crippen molar-refractivity contribution in [3.63, 3.8) is 0 Å². The number of pyridine rings is 1. The van der Waals surface area contributed by atoms with E-state index in [1.807, 2.05) is 0 Å². The molecule has 4 aromatic rings. The molecule has 1 saturated heterocycles. The molecule has 13 heteroatoms. The van der Waals surface area contributed by atoms with Crippen LogP contribution in [0, 0.1) is 6.92 Å². The van der Waals surface area contributed by atoms with Gasteiger partial charge in [-0.15, -0.1) is 0 Å². The van der Waals surface area contributed by atoms with Crippen LogP contribution in [0.5, 0.6) is 0 Å². The maximum atomic E-state index is 14.5. The van der Waals surface area contributed by atoms with E-state index in [2.05, 4.69) is 25.3 Å². The number of aliphatic imine (C=N–C) groups is 1. The number of rotatable bonds is 6. The molecular weight excluding hydrogens is 493 g/mol. The number of nitrogens with one attached hydrogen (secondary N) is 1. The average Bonchev–Trinajstić information content (AvgIpc) is 3.47. The van der Waals surface area contributed by atoms with E-state index in [0.29, 0.717) is 22.3 Å². The molecule has 194 valence electrons. The number of primary amides is 1. The highest BCUT2D eigenvalue weighted by Crippen LogP contribution is 2.27. The summed E-state index contributed by atoms with van der Waals surface area (Å²) in [6.45, 7) is 1.23. The van der Waals surface area contributed by atoms with E-state index in [0.717, 1.165) is 11.1 Å². The van der Waals surface area contributed by atoms with Crippen molar-refractivity contribution in [1.82, 2.24) is 29.9 Å². The number of likely N-dealkylation sites (tertiary alicyclic amines) is 1. The van der Waals surface area contributed by atoms with Gasteiger partial charge in [0.1, 0.15) is 18.6 Å². The molecule has 0 spiro atoms. The lowest BCUT2D eigenvalue weighted by Crippen LogP contribution is -2.45. The van der Waals surface area contributed by atoms with Gasteiger partial charge >= 0.3 is 0 Å². The number of halogens is 1. The Balaban J connectivity index is 1.45. The van der Waals surface area contributed by atoms with Crippen molar-refractivity contribution in [3.05, 3.63) is 70.5 Å². The summed E-state index contributed by atoms with van der Waals surface area (Å²) in [5.41, 5.74) is 14.5. The molecule has 1 aliphatic heterocycles. The lowest BCUT2D eigenvalue weighted by Gasteiger charge is -2.24. The number of fused-ring (bicyclic) bond motifs is 1. The molecular formula is C25H24FN9O3. The van der Waals surface area contributed by atoms with Crippen LogP contribution in [0.15, 0.2) is 58.6 Å². The van der Waals surface area contributed by atoms with E-state index < -0.39 is 24.0 Å². The van der Waals surface area contributed by atoms with E-state index in [-0.39, 0.29) is 36.6 Å². The zero-order valence-corrected chi connectivity index (χ0v) is 20.3. The standard InChI is InChI=1S/C25H24FN9O3/c1-13-18(3-5-21(36)31-13)32-24(27)20-9-16(26)11-34(20)22(37)12-35-19-4-2-14(15-6-7-29-30-10-15)8-17(19)23(33-35)25(28)38/h2-8,10,16,20H,9,11-12H2,1H3,(H2,27,32)(H2,28,38)(H,31,36). The van der Waals surface area contributed by atoms with Gasteiger partial charge in [-0.25, -0.2) is 9.38 Å². The molecule has 2 amide bonds. The minimum Gasteiger partial charge on any atom is -0.385 e. The Morgan fingerprint density at radius 1 is 1.16 bits per heavy atom. The molecule has 1 aromatic carbocycles. The zero-order valence-electron chi connectivity index (χ0n) is 20.3. The van der Waals surface area contributed by atoms with Gasteiger partial charge in [0.05, 0.1) is 36.2 Å². The second-order valence-corrected chi connectivity index (χ2v) is 9.00. The molecule has 12 nitrogen and oxygen atoms in total. The SMILES string of the molecule is Cc1[nH]c(=O)ccc1N=C(N)C1CC(F)CN1C(=O)Cn1nc(C(N)=O)c2cc(-c3ccnnc3)ccc21. The van der Waals surface area contributed by atoms with Crippen molar-refractivity contribution < 1.29 is 14.0 Å². The first-order valence-electron chi connectivity index (χ1n) is 11.8. The van der Waals surface area contributed by atoms with E-state index in [1.54, 1.807) is 43.6 Å². The molecule has 2 atom stereocenters. The number of hydrogen-bond donors (Lipinski definition) is 3. The summed E-state index contributed by atoms with van der Waals surface area (Å²) in [7, 11) is 0. The lowest BCUT2D eigenvalue weighted by molar-refractivity contribution is -0.132. The van der Waals surface area contributed by atoms with Gasteiger partial charge in [0.15, 0.2) is 5.69 Å². The molecule has 0 radical (unpaired) electrons. The Bertz CT molecular complexity index is 1630. The molecule has 2 unspecified atom stereocenters. The third-order valence-electron chi connectivity index (χ3n) is 6.44. The average molecular weight is 518 g/mol. The van der Waals surface area contributed by atoms with Crippen molar-refractivity contribution in [2.75, 3.05) is 6.54 Å². The molecule has 0 saturated carbocycles. The molecule has 1 fully saturated rings. The Labute approximate surface area is 215 Å². The number of aromatic amines is 1. The predicted octanol–water partition coefficient (Wildman–Crippen LogP) is 1.22. The quantitative estimate of drug-likeness (QED) is 0.254. The number of carbonyl (C=O) groups excluding carboxylic acids is 2. The highest BCUT2D eigenvalue weighted by atomic mass is 19.1. The molecule has 0 bridgehead atoms. The third-order valence-corrected chi connectivity index (χ3v) is 6.44. The number of aromatic nitrogens is 5. The van der Waals surface area contributed by atoms with Crippen LogP contribution in [-0.4, -0.2) is 66.3 Å². The van der Waals surface area contributed by atoms with E-state index >= 15 is 0 Å². The molecule has 5 rings (SSSR count). The number of benzene rings is 1. The van der Waals surface area contributed by atoms with E-state index in [1.165, 1.54) is 21.7 Å². The number of aryl methyl sites for hydroxylation is 1. The van der Waals surface area contributed by atoms with Crippen molar-refractivity contribution in [2.45, 2.75) is 32.1 Å². The Hall–Kier alpha value is -4.94. The van der Waals surface area contributed by atoms with Crippen LogP contribution in [0.3, 0.4) is 0 Å². The summed E-state index contributed by atoms with van der Waals surface area (Å²) >= 11 is 0.